The van der Waals surface area contributed by atoms with Crippen molar-refractivity contribution in [1.29, 1.82) is 0 Å². The van der Waals surface area contributed by atoms with Gasteiger partial charge in [-0.05, 0) is 18.2 Å². The maximum Gasteiger partial charge on any atom is 0.309 e. The quantitative estimate of drug-likeness (QED) is 0.656. The van der Waals surface area contributed by atoms with E-state index in [0.717, 1.165) is 5.56 Å². The van der Waals surface area contributed by atoms with Gasteiger partial charge in [-0.25, -0.2) is 0 Å². The number of hydrogen-bond acceptors (Lipinski definition) is 4. The van der Waals surface area contributed by atoms with Gasteiger partial charge in [-0.15, -0.1) is 0 Å². The van der Waals surface area contributed by atoms with E-state index < -0.39 is 0 Å². The van der Waals surface area contributed by atoms with Crippen LogP contribution in [0.3, 0.4) is 0 Å². The highest BCUT2D eigenvalue weighted by Gasteiger charge is 2.07. The fourth-order valence-corrected chi connectivity index (χ4v) is 1.89. The second kappa shape index (κ2) is 7.55. The molecule has 2 N–H and O–H groups in total. The van der Waals surface area contributed by atoms with Gasteiger partial charge in [0.1, 0.15) is 12.4 Å². The molecule has 0 aliphatic carbocycles. The lowest BCUT2D eigenvalue weighted by molar-refractivity contribution is -0.145. The van der Waals surface area contributed by atoms with Gasteiger partial charge in [0.15, 0.2) is 0 Å². The fourth-order valence-electron chi connectivity index (χ4n) is 1.70. The molecule has 0 fully saturated rings. The number of carbonyl (C=O) groups excluding carboxylic acids is 1. The molecule has 0 spiro atoms. The predicted molar refractivity (Wildman–Crippen MR) is 82.2 cm³/mol. The lowest BCUT2D eigenvalue weighted by Gasteiger charge is -2.09. The predicted octanol–water partition coefficient (Wildman–Crippen LogP) is 3.43. The van der Waals surface area contributed by atoms with Gasteiger partial charge in [-0.1, -0.05) is 41.9 Å². The van der Waals surface area contributed by atoms with E-state index in [9.17, 15) is 4.79 Å². The van der Waals surface area contributed by atoms with Crippen LogP contribution in [0.4, 0.5) is 5.69 Å². The van der Waals surface area contributed by atoms with Crippen LogP contribution in [-0.4, -0.2) is 12.6 Å². The Morgan fingerprint density at radius 2 is 1.81 bits per heavy atom. The number of ether oxygens (including phenoxy) is 2. The van der Waals surface area contributed by atoms with Crippen LogP contribution in [0.5, 0.6) is 5.75 Å². The van der Waals surface area contributed by atoms with Crippen LogP contribution in [0.1, 0.15) is 12.0 Å². The maximum absolute atomic E-state index is 11.6. The van der Waals surface area contributed by atoms with Gasteiger partial charge in [-0.3, -0.25) is 4.79 Å². The Labute approximate surface area is 128 Å². The first-order chi connectivity index (χ1) is 10.2. The summed E-state index contributed by atoms with van der Waals surface area (Å²) in [7, 11) is 0. The molecule has 0 aromatic heterocycles. The van der Waals surface area contributed by atoms with E-state index in [-0.39, 0.29) is 25.6 Å². The van der Waals surface area contributed by atoms with Gasteiger partial charge in [0.05, 0.1) is 18.7 Å². The highest BCUT2D eigenvalue weighted by Crippen LogP contribution is 2.20. The molecule has 0 aliphatic rings. The average molecular weight is 306 g/mol. The topological polar surface area (TPSA) is 61.5 Å². The molecule has 0 saturated heterocycles. The summed E-state index contributed by atoms with van der Waals surface area (Å²) < 4.78 is 10.6. The van der Waals surface area contributed by atoms with Crippen molar-refractivity contribution >= 4 is 23.3 Å². The Balaban J connectivity index is 1.73. The molecule has 0 unspecified atom stereocenters. The molecule has 110 valence electrons. The molecule has 2 aromatic carbocycles. The maximum atomic E-state index is 11.6. The van der Waals surface area contributed by atoms with Crippen molar-refractivity contribution in [3.8, 4) is 5.75 Å². The van der Waals surface area contributed by atoms with E-state index >= 15 is 0 Å². The molecule has 5 heteroatoms. The van der Waals surface area contributed by atoms with Crippen molar-refractivity contribution in [3.63, 3.8) is 0 Å². The first-order valence-electron chi connectivity index (χ1n) is 6.53. The molecule has 0 heterocycles. The van der Waals surface area contributed by atoms with Crippen LogP contribution < -0.4 is 10.5 Å². The zero-order chi connectivity index (χ0) is 15.1. The summed E-state index contributed by atoms with van der Waals surface area (Å²) in [6.45, 7) is 0.377. The number of nitrogens with two attached hydrogens (primary N) is 1. The Morgan fingerprint density at radius 1 is 1.10 bits per heavy atom. The van der Waals surface area contributed by atoms with Crippen LogP contribution in [-0.2, 0) is 16.1 Å². The largest absolute Gasteiger partial charge is 0.491 e. The average Bonchev–Trinajstić information content (AvgIpc) is 2.48. The lowest BCUT2D eigenvalue weighted by Crippen LogP contribution is -2.10. The summed E-state index contributed by atoms with van der Waals surface area (Å²) in [5, 5.41) is 0.582. The Bertz CT molecular complexity index is 616. The number of esters is 1. The van der Waals surface area contributed by atoms with Gasteiger partial charge >= 0.3 is 5.97 Å². The zero-order valence-electron chi connectivity index (χ0n) is 11.4. The molecular weight excluding hydrogens is 290 g/mol. The third-order valence-corrected chi connectivity index (χ3v) is 3.20. The Morgan fingerprint density at radius 3 is 2.57 bits per heavy atom. The van der Waals surface area contributed by atoms with Crippen LogP contribution in [0.15, 0.2) is 48.5 Å². The molecule has 0 bridgehead atoms. The van der Waals surface area contributed by atoms with Crippen LogP contribution in [0.25, 0.3) is 0 Å². The molecule has 0 saturated carbocycles. The van der Waals surface area contributed by atoms with Crippen molar-refractivity contribution in [2.45, 2.75) is 13.0 Å². The van der Waals surface area contributed by atoms with Crippen molar-refractivity contribution in [3.05, 3.63) is 59.1 Å². The third-order valence-electron chi connectivity index (χ3n) is 2.83. The first kappa shape index (κ1) is 15.2. The summed E-state index contributed by atoms with van der Waals surface area (Å²) >= 11 is 5.98. The zero-order valence-corrected chi connectivity index (χ0v) is 12.2. The lowest BCUT2D eigenvalue weighted by atomic mass is 10.2. The Kier molecular flexibility index (Phi) is 5.46. The normalized spacial score (nSPS) is 10.1. The molecule has 0 atom stereocenters. The van der Waals surface area contributed by atoms with Crippen LogP contribution in [0.2, 0.25) is 5.02 Å². The Hall–Kier alpha value is -2.20. The number of hydrogen-bond donors (Lipinski definition) is 1. The summed E-state index contributed by atoms with van der Waals surface area (Å²) in [6.07, 6.45) is 0.152. The van der Waals surface area contributed by atoms with E-state index in [1.54, 1.807) is 18.2 Å². The number of rotatable bonds is 6. The summed E-state index contributed by atoms with van der Waals surface area (Å²) in [4.78, 5) is 11.6. The highest BCUT2D eigenvalue weighted by atomic mass is 35.5. The molecule has 21 heavy (non-hydrogen) atoms. The molecule has 2 rings (SSSR count). The summed E-state index contributed by atoms with van der Waals surface area (Å²) in [5.74, 6) is 0.223. The van der Waals surface area contributed by atoms with Gasteiger partial charge in [-0.2, -0.15) is 0 Å². The first-order valence-corrected chi connectivity index (χ1v) is 6.91. The minimum Gasteiger partial charge on any atom is -0.491 e. The minimum atomic E-state index is -0.343. The van der Waals surface area contributed by atoms with Gasteiger partial charge < -0.3 is 15.2 Å². The number of nitrogen functional groups attached to an aromatic ring is 1. The van der Waals surface area contributed by atoms with E-state index in [1.165, 1.54) is 0 Å². The van der Waals surface area contributed by atoms with E-state index in [2.05, 4.69) is 0 Å². The SMILES string of the molecule is Nc1ccccc1OCCC(=O)OCc1ccccc1Cl. The highest BCUT2D eigenvalue weighted by molar-refractivity contribution is 6.31. The number of halogens is 1. The van der Waals surface area contributed by atoms with Crippen molar-refractivity contribution in [2.75, 3.05) is 12.3 Å². The van der Waals surface area contributed by atoms with Gasteiger partial charge in [0.2, 0.25) is 0 Å². The molecule has 0 radical (unpaired) electrons. The number of benzene rings is 2. The van der Waals surface area contributed by atoms with Crippen LogP contribution in [0, 0.1) is 0 Å². The van der Waals surface area contributed by atoms with E-state index in [4.69, 9.17) is 26.8 Å². The number of para-hydroxylation sites is 2. The molecular formula is C16H16ClNO3. The van der Waals surface area contributed by atoms with Crippen molar-refractivity contribution in [2.24, 2.45) is 0 Å². The van der Waals surface area contributed by atoms with E-state index in [0.29, 0.717) is 16.5 Å². The minimum absolute atomic E-state index is 0.152. The molecule has 0 aliphatic heterocycles. The second-order valence-electron chi connectivity index (χ2n) is 4.39. The monoisotopic (exact) mass is 305 g/mol. The molecule has 0 amide bonds. The number of anilines is 1. The summed E-state index contributed by atoms with van der Waals surface area (Å²) in [6, 6.07) is 14.4. The molecule has 2 aromatic rings. The second-order valence-corrected chi connectivity index (χ2v) is 4.80. The standard InChI is InChI=1S/C16H16ClNO3/c17-13-6-2-1-5-12(13)11-21-16(19)9-10-20-15-8-4-3-7-14(15)18/h1-8H,9-11,18H2. The number of carbonyl (C=O) groups is 1. The van der Waals surface area contributed by atoms with E-state index in [1.807, 2.05) is 30.3 Å². The van der Waals surface area contributed by atoms with Gasteiger partial charge in [0.25, 0.3) is 0 Å². The van der Waals surface area contributed by atoms with Gasteiger partial charge in [0, 0.05) is 10.6 Å². The molecule has 4 nitrogen and oxygen atoms in total. The smallest absolute Gasteiger partial charge is 0.309 e. The van der Waals surface area contributed by atoms with Crippen molar-refractivity contribution < 1.29 is 14.3 Å². The fraction of sp³-hybridized carbons (Fsp3) is 0.188. The third kappa shape index (κ3) is 4.68. The summed E-state index contributed by atoms with van der Waals surface area (Å²) in [5.41, 5.74) is 7.05. The van der Waals surface area contributed by atoms with Crippen LogP contribution >= 0.6 is 11.6 Å². The van der Waals surface area contributed by atoms with Crippen molar-refractivity contribution in [1.82, 2.24) is 0 Å².